The van der Waals surface area contributed by atoms with Gasteiger partial charge in [-0.3, -0.25) is 9.69 Å². The van der Waals surface area contributed by atoms with Gasteiger partial charge in [0.2, 0.25) is 0 Å². The highest BCUT2D eigenvalue weighted by molar-refractivity contribution is 5.86. The van der Waals surface area contributed by atoms with Crippen LogP contribution in [0.4, 0.5) is 0 Å². The summed E-state index contributed by atoms with van der Waals surface area (Å²) in [7, 11) is 0. The Labute approximate surface area is 192 Å². The molecule has 170 valence electrons. The van der Waals surface area contributed by atoms with Gasteiger partial charge in [-0.05, 0) is 48.6 Å². The van der Waals surface area contributed by atoms with Gasteiger partial charge in [-0.1, -0.05) is 79.4 Å². The van der Waals surface area contributed by atoms with Crippen LogP contribution in [0.1, 0.15) is 48.8 Å². The Morgan fingerprint density at radius 1 is 1.00 bits per heavy atom. The van der Waals surface area contributed by atoms with Crippen LogP contribution in [0.15, 0.2) is 54.6 Å². The predicted octanol–water partition coefficient (Wildman–Crippen LogP) is 4.26. The molecule has 1 aliphatic heterocycles. The van der Waals surface area contributed by atoms with E-state index in [-0.39, 0.29) is 11.8 Å². The molecule has 4 heteroatoms. The summed E-state index contributed by atoms with van der Waals surface area (Å²) in [4.78, 5) is 15.9. The molecule has 1 heterocycles. The van der Waals surface area contributed by atoms with Crippen LogP contribution in [0.3, 0.4) is 0 Å². The van der Waals surface area contributed by atoms with Crippen molar-refractivity contribution < 1.29 is 9.90 Å². The molecular formula is C28H36N2O2. The Bertz CT molecular complexity index is 910. The molecule has 32 heavy (non-hydrogen) atoms. The number of likely N-dealkylation sites (tertiary alicyclic amines) is 1. The van der Waals surface area contributed by atoms with Crippen LogP contribution in [0, 0.1) is 30.6 Å². The highest BCUT2D eigenvalue weighted by atomic mass is 16.3. The highest BCUT2D eigenvalue weighted by Gasteiger charge is 2.55. The molecule has 2 aromatic rings. The van der Waals surface area contributed by atoms with E-state index in [9.17, 15) is 9.90 Å². The van der Waals surface area contributed by atoms with Gasteiger partial charge in [0.15, 0.2) is 5.60 Å². The number of benzene rings is 2. The number of carbonyl (C=O) groups is 1. The number of carbonyl (C=O) groups excluding carboxylic acids is 1. The number of aryl methyl sites for hydroxylation is 1. The average Bonchev–Trinajstić information content (AvgIpc) is 3.29. The lowest BCUT2D eigenvalue weighted by Crippen LogP contribution is -2.50. The molecule has 1 amide bonds. The Hall–Kier alpha value is -2.17. The Kier molecular flexibility index (Phi) is 6.09. The maximum atomic E-state index is 13.4. The predicted molar refractivity (Wildman–Crippen MR) is 127 cm³/mol. The number of fused-ring (bicyclic) bond motifs is 1. The Balaban J connectivity index is 1.17. The maximum Gasteiger partial charge on any atom is 0.256 e. The van der Waals surface area contributed by atoms with Crippen LogP contribution in [-0.4, -0.2) is 35.5 Å². The summed E-state index contributed by atoms with van der Waals surface area (Å²) >= 11 is 0. The third-order valence-electron chi connectivity index (χ3n) is 8.23. The van der Waals surface area contributed by atoms with Crippen molar-refractivity contribution in [3.8, 4) is 0 Å². The molecular weight excluding hydrogens is 396 g/mol. The smallest absolute Gasteiger partial charge is 0.256 e. The molecule has 0 spiro atoms. The molecule has 3 unspecified atom stereocenters. The topological polar surface area (TPSA) is 52.6 Å². The molecule has 3 atom stereocenters. The zero-order valence-corrected chi connectivity index (χ0v) is 19.2. The third-order valence-corrected chi connectivity index (χ3v) is 8.23. The minimum absolute atomic E-state index is 0.00218. The number of piperidine rings is 1. The van der Waals surface area contributed by atoms with E-state index in [1.807, 2.05) is 30.3 Å². The van der Waals surface area contributed by atoms with Crippen LogP contribution in [0.25, 0.3) is 0 Å². The maximum absolute atomic E-state index is 13.4. The summed E-state index contributed by atoms with van der Waals surface area (Å²) in [5, 5.41) is 14.9. The van der Waals surface area contributed by atoms with Crippen LogP contribution >= 0.6 is 0 Å². The normalized spacial score (nSPS) is 27.5. The van der Waals surface area contributed by atoms with E-state index in [4.69, 9.17) is 0 Å². The van der Waals surface area contributed by atoms with E-state index in [1.54, 1.807) is 0 Å². The quantitative estimate of drug-likeness (QED) is 0.687. The number of nitrogens with one attached hydrogen (secondary N) is 1. The molecule has 0 aromatic heterocycles. The lowest BCUT2D eigenvalue weighted by Gasteiger charge is -2.37. The molecule has 2 saturated carbocycles. The van der Waals surface area contributed by atoms with Crippen molar-refractivity contribution in [1.82, 2.24) is 10.2 Å². The second-order valence-corrected chi connectivity index (χ2v) is 10.3. The van der Waals surface area contributed by atoms with E-state index in [1.165, 1.54) is 17.5 Å². The lowest BCUT2D eigenvalue weighted by atomic mass is 9.73. The van der Waals surface area contributed by atoms with Crippen molar-refractivity contribution in [2.75, 3.05) is 19.6 Å². The third kappa shape index (κ3) is 4.23. The van der Waals surface area contributed by atoms with E-state index in [0.29, 0.717) is 24.3 Å². The molecule has 3 fully saturated rings. The van der Waals surface area contributed by atoms with Gasteiger partial charge < -0.3 is 10.4 Å². The van der Waals surface area contributed by atoms with Crippen molar-refractivity contribution in [2.45, 2.75) is 51.2 Å². The van der Waals surface area contributed by atoms with Gasteiger partial charge in [0.05, 0.1) is 0 Å². The Morgan fingerprint density at radius 3 is 2.31 bits per heavy atom. The van der Waals surface area contributed by atoms with Gasteiger partial charge in [0.1, 0.15) is 0 Å². The summed E-state index contributed by atoms with van der Waals surface area (Å²) in [6.07, 6.45) is 5.23. The molecule has 1 saturated heterocycles. The number of hydrogen-bond acceptors (Lipinski definition) is 3. The Morgan fingerprint density at radius 2 is 1.66 bits per heavy atom. The standard InChI is InChI=1S/C28H36N2O2/c1-20-12-14-21(15-13-20)17-30-18-25-24(26(25)19-30)16-29-27(31)28(32,22-8-4-2-5-9-22)23-10-6-3-7-11-23/h2,4-5,8-9,12-15,23-26,32H,3,6-7,10-11,16-19H2,1H3,(H,29,31). The van der Waals surface area contributed by atoms with Crippen molar-refractivity contribution >= 4 is 5.91 Å². The number of aliphatic hydroxyl groups is 1. The molecule has 0 radical (unpaired) electrons. The summed E-state index contributed by atoms with van der Waals surface area (Å²) in [6, 6.07) is 18.4. The van der Waals surface area contributed by atoms with E-state index in [0.717, 1.165) is 50.9 Å². The number of nitrogens with zero attached hydrogens (tertiary/aromatic N) is 1. The zero-order chi connectivity index (χ0) is 22.1. The fourth-order valence-corrected chi connectivity index (χ4v) is 6.23. The largest absolute Gasteiger partial charge is 0.375 e. The van der Waals surface area contributed by atoms with Crippen LogP contribution < -0.4 is 5.32 Å². The van der Waals surface area contributed by atoms with Crippen LogP contribution in [0.2, 0.25) is 0 Å². The second-order valence-electron chi connectivity index (χ2n) is 10.3. The SMILES string of the molecule is Cc1ccc(CN2CC3C(CNC(=O)C(O)(c4ccccc4)C4CCCCC4)C3C2)cc1. The first-order chi connectivity index (χ1) is 15.6. The summed E-state index contributed by atoms with van der Waals surface area (Å²) in [6.45, 7) is 6.06. The minimum atomic E-state index is -1.41. The zero-order valence-electron chi connectivity index (χ0n) is 19.2. The minimum Gasteiger partial charge on any atom is -0.375 e. The van der Waals surface area contributed by atoms with Crippen molar-refractivity contribution in [2.24, 2.45) is 23.7 Å². The summed E-state index contributed by atoms with van der Waals surface area (Å²) in [5.74, 6) is 1.72. The van der Waals surface area contributed by atoms with E-state index in [2.05, 4.69) is 41.4 Å². The second kappa shape index (κ2) is 8.99. The fraction of sp³-hybridized carbons (Fsp3) is 0.536. The first-order valence-corrected chi connectivity index (χ1v) is 12.4. The highest BCUT2D eigenvalue weighted by Crippen LogP contribution is 2.51. The van der Waals surface area contributed by atoms with Gasteiger partial charge in [-0.25, -0.2) is 0 Å². The molecule has 4 nitrogen and oxygen atoms in total. The molecule has 2 aliphatic carbocycles. The number of amides is 1. The average molecular weight is 433 g/mol. The summed E-state index contributed by atoms with van der Waals surface area (Å²) < 4.78 is 0. The molecule has 2 aromatic carbocycles. The van der Waals surface area contributed by atoms with Crippen molar-refractivity contribution in [1.29, 1.82) is 0 Å². The molecule has 3 aliphatic rings. The van der Waals surface area contributed by atoms with Crippen molar-refractivity contribution in [3.63, 3.8) is 0 Å². The first kappa shape index (κ1) is 21.7. The summed E-state index contributed by atoms with van der Waals surface area (Å²) in [5.41, 5.74) is 2.01. The van der Waals surface area contributed by atoms with Crippen molar-refractivity contribution in [3.05, 3.63) is 71.3 Å². The number of rotatable bonds is 7. The molecule has 5 rings (SSSR count). The lowest BCUT2D eigenvalue weighted by molar-refractivity contribution is -0.149. The van der Waals surface area contributed by atoms with Crippen LogP contribution in [0.5, 0.6) is 0 Å². The van der Waals surface area contributed by atoms with E-state index >= 15 is 0 Å². The van der Waals surface area contributed by atoms with Gasteiger partial charge >= 0.3 is 0 Å². The van der Waals surface area contributed by atoms with Gasteiger partial charge in [0.25, 0.3) is 5.91 Å². The molecule has 2 N–H and O–H groups in total. The monoisotopic (exact) mass is 432 g/mol. The van der Waals surface area contributed by atoms with Gasteiger partial charge in [-0.15, -0.1) is 0 Å². The molecule has 0 bridgehead atoms. The van der Waals surface area contributed by atoms with Gasteiger partial charge in [0, 0.05) is 32.1 Å². The fourth-order valence-electron chi connectivity index (χ4n) is 6.23. The first-order valence-electron chi connectivity index (χ1n) is 12.4. The van der Waals surface area contributed by atoms with E-state index < -0.39 is 5.60 Å². The van der Waals surface area contributed by atoms with Crippen LogP contribution in [-0.2, 0) is 16.9 Å². The van der Waals surface area contributed by atoms with Gasteiger partial charge in [-0.2, -0.15) is 0 Å². The number of hydrogen-bond donors (Lipinski definition) is 2.